The monoisotopic (exact) mass is 387 g/mol. The zero-order valence-electron chi connectivity index (χ0n) is 17.3. The van der Waals surface area contributed by atoms with Gasteiger partial charge >= 0.3 is 0 Å². The van der Waals surface area contributed by atoms with Crippen LogP contribution in [-0.4, -0.2) is 24.5 Å². The molecular formula is C25H38ClN. The van der Waals surface area contributed by atoms with E-state index in [1.807, 2.05) is 0 Å². The molecule has 4 saturated carbocycles. The summed E-state index contributed by atoms with van der Waals surface area (Å²) in [7, 11) is 0. The predicted octanol–water partition coefficient (Wildman–Crippen LogP) is 6.31. The molecule has 1 aliphatic heterocycles. The van der Waals surface area contributed by atoms with E-state index in [1.165, 1.54) is 32.5 Å². The summed E-state index contributed by atoms with van der Waals surface area (Å²) >= 11 is 0. The van der Waals surface area contributed by atoms with Crippen molar-refractivity contribution in [2.75, 3.05) is 19.6 Å². The molecule has 1 nitrogen and oxygen atoms in total. The number of hydrogen-bond acceptors (Lipinski definition) is 1. The second-order valence-electron chi connectivity index (χ2n) is 10.9. The van der Waals surface area contributed by atoms with Gasteiger partial charge in [-0.1, -0.05) is 44.2 Å². The lowest BCUT2D eigenvalue weighted by Crippen LogP contribution is -2.50. The van der Waals surface area contributed by atoms with Crippen molar-refractivity contribution in [3.8, 4) is 0 Å². The van der Waals surface area contributed by atoms with E-state index in [-0.39, 0.29) is 12.4 Å². The number of nitrogens with zero attached hydrogens (tertiary/aromatic N) is 1. The molecule has 2 heteroatoms. The van der Waals surface area contributed by atoms with Crippen LogP contribution in [0.3, 0.4) is 0 Å². The smallest absolute Gasteiger partial charge is 0.00155 e. The Kier molecular flexibility index (Phi) is 5.40. The van der Waals surface area contributed by atoms with E-state index in [2.05, 4.69) is 49.1 Å². The van der Waals surface area contributed by atoms with Crippen LogP contribution in [0.2, 0.25) is 0 Å². The van der Waals surface area contributed by atoms with Crippen molar-refractivity contribution in [2.24, 2.45) is 29.1 Å². The SMILES string of the molecule is CC1CN(CCC23CC4CC(CC(C4)C2)C3)CCC1(C)c1ccccc1.Cl. The summed E-state index contributed by atoms with van der Waals surface area (Å²) in [6.07, 6.45) is 12.3. The number of likely N-dealkylation sites (tertiary alicyclic amines) is 1. The molecular weight excluding hydrogens is 350 g/mol. The first-order valence-electron chi connectivity index (χ1n) is 11.3. The topological polar surface area (TPSA) is 3.24 Å². The fourth-order valence-corrected chi connectivity index (χ4v) is 7.76. The molecule has 0 spiro atoms. The zero-order chi connectivity index (χ0) is 17.8. The van der Waals surface area contributed by atoms with Crippen LogP contribution < -0.4 is 0 Å². The van der Waals surface area contributed by atoms with Crippen LogP contribution in [0.4, 0.5) is 0 Å². The molecule has 1 aromatic rings. The Morgan fingerprint density at radius 2 is 1.56 bits per heavy atom. The molecule has 4 aliphatic carbocycles. The van der Waals surface area contributed by atoms with E-state index >= 15 is 0 Å². The molecule has 0 radical (unpaired) electrons. The molecule has 5 aliphatic rings. The summed E-state index contributed by atoms with van der Waals surface area (Å²) in [4.78, 5) is 2.81. The van der Waals surface area contributed by atoms with Gasteiger partial charge in [0.1, 0.15) is 0 Å². The van der Waals surface area contributed by atoms with Gasteiger partial charge in [-0.05, 0) is 105 Å². The van der Waals surface area contributed by atoms with Gasteiger partial charge in [0, 0.05) is 6.54 Å². The lowest BCUT2D eigenvalue weighted by Gasteiger charge is -2.57. The van der Waals surface area contributed by atoms with Gasteiger partial charge in [0.05, 0.1) is 0 Å². The number of hydrogen-bond donors (Lipinski definition) is 0. The van der Waals surface area contributed by atoms with Gasteiger partial charge in [-0.3, -0.25) is 0 Å². The second-order valence-corrected chi connectivity index (χ2v) is 10.9. The lowest BCUT2D eigenvalue weighted by atomic mass is 9.49. The first kappa shape index (κ1) is 19.8. The third kappa shape index (κ3) is 3.60. The minimum atomic E-state index is 0. The molecule has 6 rings (SSSR count). The van der Waals surface area contributed by atoms with Crippen molar-refractivity contribution < 1.29 is 0 Å². The van der Waals surface area contributed by atoms with Crippen molar-refractivity contribution in [3.05, 3.63) is 35.9 Å². The van der Waals surface area contributed by atoms with Gasteiger partial charge in [-0.25, -0.2) is 0 Å². The summed E-state index contributed by atoms with van der Waals surface area (Å²) in [5.41, 5.74) is 2.66. The van der Waals surface area contributed by atoms with Crippen molar-refractivity contribution in [1.29, 1.82) is 0 Å². The minimum Gasteiger partial charge on any atom is -0.303 e. The van der Waals surface area contributed by atoms with Crippen LogP contribution in [0.5, 0.6) is 0 Å². The first-order valence-corrected chi connectivity index (χ1v) is 11.3. The molecule has 2 unspecified atom stereocenters. The zero-order valence-corrected chi connectivity index (χ0v) is 18.1. The normalized spacial score (nSPS) is 43.5. The Labute approximate surface area is 172 Å². The van der Waals surface area contributed by atoms with Gasteiger partial charge in [-0.15, -0.1) is 12.4 Å². The predicted molar refractivity (Wildman–Crippen MR) is 116 cm³/mol. The Morgan fingerprint density at radius 1 is 0.963 bits per heavy atom. The Bertz CT molecular complexity index is 606. The summed E-state index contributed by atoms with van der Waals surface area (Å²) in [6.45, 7) is 8.94. The summed E-state index contributed by atoms with van der Waals surface area (Å²) in [6, 6.07) is 11.3. The van der Waals surface area contributed by atoms with Crippen LogP contribution >= 0.6 is 12.4 Å². The molecule has 5 fully saturated rings. The standard InChI is InChI=1S/C25H37N.ClH/c1-19-18-26(10-8-24(19,2)23-6-4-3-5-7-23)11-9-25-15-20-12-21(16-25)14-22(13-20)17-25;/h3-7,19-22H,8-18H2,1-2H3;1H. The first-order chi connectivity index (χ1) is 12.5. The summed E-state index contributed by atoms with van der Waals surface area (Å²) < 4.78 is 0. The van der Waals surface area contributed by atoms with E-state index in [1.54, 1.807) is 44.1 Å². The molecule has 2 atom stereocenters. The molecule has 0 N–H and O–H groups in total. The lowest BCUT2D eigenvalue weighted by molar-refractivity contribution is -0.0630. The number of halogens is 1. The van der Waals surface area contributed by atoms with Crippen molar-refractivity contribution >= 4 is 12.4 Å². The van der Waals surface area contributed by atoms with Crippen molar-refractivity contribution in [1.82, 2.24) is 4.90 Å². The van der Waals surface area contributed by atoms with E-state index in [0.717, 1.165) is 29.1 Å². The van der Waals surface area contributed by atoms with Crippen LogP contribution in [-0.2, 0) is 5.41 Å². The Hall–Kier alpha value is -0.530. The Morgan fingerprint density at radius 3 is 2.11 bits per heavy atom. The molecule has 1 heterocycles. The van der Waals surface area contributed by atoms with Gasteiger partial charge in [0.2, 0.25) is 0 Å². The highest BCUT2D eigenvalue weighted by atomic mass is 35.5. The highest BCUT2D eigenvalue weighted by Crippen LogP contribution is 2.61. The molecule has 1 saturated heterocycles. The number of piperidine rings is 1. The molecule has 1 aromatic carbocycles. The van der Waals surface area contributed by atoms with E-state index < -0.39 is 0 Å². The second kappa shape index (κ2) is 7.38. The highest BCUT2D eigenvalue weighted by Gasteiger charge is 2.50. The fraction of sp³-hybridized carbons (Fsp3) is 0.760. The van der Waals surface area contributed by atoms with E-state index in [9.17, 15) is 0 Å². The molecule has 0 aromatic heterocycles. The highest BCUT2D eigenvalue weighted by molar-refractivity contribution is 5.85. The maximum atomic E-state index is 2.81. The maximum absolute atomic E-state index is 2.81. The number of benzene rings is 1. The third-order valence-corrected chi connectivity index (χ3v) is 9.12. The molecule has 4 bridgehead atoms. The summed E-state index contributed by atoms with van der Waals surface area (Å²) in [5.74, 6) is 4.05. The van der Waals surface area contributed by atoms with Gasteiger partial charge in [0.25, 0.3) is 0 Å². The number of rotatable bonds is 4. The van der Waals surface area contributed by atoms with Gasteiger partial charge in [-0.2, -0.15) is 0 Å². The van der Waals surface area contributed by atoms with E-state index in [0.29, 0.717) is 5.41 Å². The van der Waals surface area contributed by atoms with Crippen LogP contribution in [0, 0.1) is 29.1 Å². The van der Waals surface area contributed by atoms with Gasteiger partial charge in [0.15, 0.2) is 0 Å². The molecule has 0 amide bonds. The minimum absolute atomic E-state index is 0. The van der Waals surface area contributed by atoms with Crippen molar-refractivity contribution in [2.45, 2.75) is 70.6 Å². The van der Waals surface area contributed by atoms with Crippen molar-refractivity contribution in [3.63, 3.8) is 0 Å². The largest absolute Gasteiger partial charge is 0.303 e. The molecule has 27 heavy (non-hydrogen) atoms. The quantitative estimate of drug-likeness (QED) is 0.584. The van der Waals surface area contributed by atoms with Crippen LogP contribution in [0.1, 0.15) is 70.8 Å². The van der Waals surface area contributed by atoms with Gasteiger partial charge < -0.3 is 4.90 Å². The molecule has 150 valence electrons. The fourth-order valence-electron chi connectivity index (χ4n) is 7.76. The Balaban J connectivity index is 0.00000180. The van der Waals surface area contributed by atoms with Crippen LogP contribution in [0.15, 0.2) is 30.3 Å². The average Bonchev–Trinajstić information content (AvgIpc) is 2.62. The maximum Gasteiger partial charge on any atom is 0.00155 e. The van der Waals surface area contributed by atoms with E-state index in [4.69, 9.17) is 0 Å². The third-order valence-electron chi connectivity index (χ3n) is 9.12. The summed E-state index contributed by atoms with van der Waals surface area (Å²) in [5, 5.41) is 0. The van der Waals surface area contributed by atoms with Crippen LogP contribution in [0.25, 0.3) is 0 Å². The average molecular weight is 388 g/mol.